The molecule has 2 aromatic rings. The number of nitrogens with two attached hydrogens (primary N) is 1. The lowest BCUT2D eigenvalue weighted by molar-refractivity contribution is 0.0948. The average Bonchev–Trinajstić information content (AvgIpc) is 2.82. The summed E-state index contributed by atoms with van der Waals surface area (Å²) in [6, 6.07) is 3.83. The first kappa shape index (κ1) is 9.75. The second-order valence-corrected chi connectivity index (χ2v) is 3.69. The van der Waals surface area contributed by atoms with Crippen LogP contribution in [0.15, 0.2) is 29.9 Å². The normalized spacial score (nSPS) is 9.93. The van der Waals surface area contributed by atoms with Crippen molar-refractivity contribution in [2.75, 3.05) is 0 Å². The Bertz CT molecular complexity index is 469. The van der Waals surface area contributed by atoms with Crippen LogP contribution in [0.1, 0.15) is 10.5 Å². The molecule has 1 amide bonds. The van der Waals surface area contributed by atoms with E-state index in [1.54, 1.807) is 6.20 Å². The standard InChI is InChI=1S/C9H8N4OS/c10-13-9(14)7-5-11-4-6(12-7)8-2-1-3-15-8/h1-5H,10H2,(H,13,14). The van der Waals surface area contributed by atoms with Gasteiger partial charge in [-0.05, 0) is 11.4 Å². The maximum Gasteiger partial charge on any atom is 0.285 e. The maximum absolute atomic E-state index is 11.2. The molecule has 3 N–H and O–H groups in total. The number of nitrogens with zero attached hydrogens (tertiary/aromatic N) is 2. The number of hydrazine groups is 1. The van der Waals surface area contributed by atoms with Crippen LogP contribution in [0.3, 0.4) is 0 Å². The molecule has 0 saturated carbocycles. The summed E-state index contributed by atoms with van der Waals surface area (Å²) in [5.41, 5.74) is 2.90. The zero-order valence-electron chi connectivity index (χ0n) is 7.68. The molecule has 0 aliphatic heterocycles. The lowest BCUT2D eigenvalue weighted by Gasteiger charge is -2.00. The number of carbonyl (C=O) groups excluding carboxylic acids is 1. The summed E-state index contributed by atoms with van der Waals surface area (Å²) in [5, 5.41) is 1.94. The highest BCUT2D eigenvalue weighted by Crippen LogP contribution is 2.21. The number of hydrogen-bond donors (Lipinski definition) is 2. The number of amides is 1. The Labute approximate surface area is 90.0 Å². The van der Waals surface area contributed by atoms with Gasteiger partial charge in [-0.3, -0.25) is 15.2 Å². The van der Waals surface area contributed by atoms with E-state index in [4.69, 9.17) is 5.84 Å². The van der Waals surface area contributed by atoms with E-state index in [1.807, 2.05) is 22.9 Å². The predicted octanol–water partition coefficient (Wildman–Crippen LogP) is 0.809. The number of nitrogens with one attached hydrogen (secondary N) is 1. The predicted molar refractivity (Wildman–Crippen MR) is 57.0 cm³/mol. The molecule has 76 valence electrons. The fourth-order valence-electron chi connectivity index (χ4n) is 1.09. The highest BCUT2D eigenvalue weighted by atomic mass is 32.1. The van der Waals surface area contributed by atoms with Gasteiger partial charge in [-0.25, -0.2) is 10.8 Å². The van der Waals surface area contributed by atoms with Crippen LogP contribution in [0.25, 0.3) is 10.6 Å². The van der Waals surface area contributed by atoms with Crippen LogP contribution in [0.5, 0.6) is 0 Å². The number of rotatable bonds is 2. The van der Waals surface area contributed by atoms with E-state index in [0.717, 1.165) is 4.88 Å². The molecule has 0 aromatic carbocycles. The Kier molecular flexibility index (Phi) is 2.70. The van der Waals surface area contributed by atoms with Crippen molar-refractivity contribution >= 4 is 17.2 Å². The quantitative estimate of drug-likeness (QED) is 0.446. The lowest BCUT2D eigenvalue weighted by Crippen LogP contribution is -2.30. The van der Waals surface area contributed by atoms with Crippen molar-refractivity contribution < 1.29 is 4.79 Å². The minimum absolute atomic E-state index is 0.211. The largest absolute Gasteiger partial charge is 0.289 e. The van der Waals surface area contributed by atoms with Crippen molar-refractivity contribution in [1.29, 1.82) is 0 Å². The fourth-order valence-corrected chi connectivity index (χ4v) is 1.77. The Morgan fingerprint density at radius 1 is 1.47 bits per heavy atom. The van der Waals surface area contributed by atoms with Crippen LogP contribution in [0, 0.1) is 0 Å². The topological polar surface area (TPSA) is 80.9 Å². The first-order chi connectivity index (χ1) is 7.31. The van der Waals surface area contributed by atoms with Crippen molar-refractivity contribution in [3.05, 3.63) is 35.6 Å². The smallest absolute Gasteiger partial charge is 0.285 e. The molecular formula is C9H8N4OS. The van der Waals surface area contributed by atoms with Gasteiger partial charge >= 0.3 is 0 Å². The van der Waals surface area contributed by atoms with E-state index in [9.17, 15) is 4.79 Å². The molecule has 0 aliphatic carbocycles. The van der Waals surface area contributed by atoms with Crippen LogP contribution in [0.4, 0.5) is 0 Å². The minimum Gasteiger partial charge on any atom is -0.289 e. The van der Waals surface area contributed by atoms with Crippen molar-refractivity contribution in [2.24, 2.45) is 5.84 Å². The molecule has 0 spiro atoms. The van der Waals surface area contributed by atoms with Gasteiger partial charge in [0.05, 0.1) is 23.0 Å². The van der Waals surface area contributed by atoms with E-state index < -0.39 is 5.91 Å². The van der Waals surface area contributed by atoms with E-state index in [2.05, 4.69) is 9.97 Å². The summed E-state index contributed by atoms with van der Waals surface area (Å²) in [7, 11) is 0. The van der Waals surface area contributed by atoms with Gasteiger partial charge in [0, 0.05) is 0 Å². The third-order valence-electron chi connectivity index (χ3n) is 1.77. The molecule has 0 unspecified atom stereocenters. The first-order valence-electron chi connectivity index (χ1n) is 4.18. The molecule has 0 atom stereocenters. The molecule has 2 heterocycles. The Morgan fingerprint density at radius 2 is 2.33 bits per heavy atom. The molecule has 15 heavy (non-hydrogen) atoms. The van der Waals surface area contributed by atoms with Crippen molar-refractivity contribution in [3.63, 3.8) is 0 Å². The first-order valence-corrected chi connectivity index (χ1v) is 5.06. The number of nitrogen functional groups attached to an aromatic ring is 1. The second-order valence-electron chi connectivity index (χ2n) is 2.74. The summed E-state index contributed by atoms with van der Waals surface area (Å²) >= 11 is 1.54. The van der Waals surface area contributed by atoms with Gasteiger partial charge in [0.25, 0.3) is 5.91 Å². The van der Waals surface area contributed by atoms with Crippen LogP contribution in [-0.4, -0.2) is 15.9 Å². The number of aromatic nitrogens is 2. The molecule has 6 heteroatoms. The average molecular weight is 220 g/mol. The van der Waals surface area contributed by atoms with E-state index in [0.29, 0.717) is 5.69 Å². The summed E-state index contributed by atoms with van der Waals surface area (Å²) in [5.74, 6) is 4.56. The number of thiophene rings is 1. The molecule has 0 radical (unpaired) electrons. The van der Waals surface area contributed by atoms with Crippen molar-refractivity contribution in [2.45, 2.75) is 0 Å². The molecule has 0 aliphatic rings. The third-order valence-corrected chi connectivity index (χ3v) is 2.66. The Balaban J connectivity index is 2.39. The van der Waals surface area contributed by atoms with E-state index in [1.165, 1.54) is 17.5 Å². The summed E-state index contributed by atoms with van der Waals surface area (Å²) < 4.78 is 0. The van der Waals surface area contributed by atoms with Crippen LogP contribution < -0.4 is 11.3 Å². The molecule has 0 saturated heterocycles. The maximum atomic E-state index is 11.2. The third kappa shape index (κ3) is 2.00. The van der Waals surface area contributed by atoms with Crippen LogP contribution in [-0.2, 0) is 0 Å². The van der Waals surface area contributed by atoms with Gasteiger partial charge in [0.15, 0.2) is 0 Å². The van der Waals surface area contributed by atoms with Crippen LogP contribution >= 0.6 is 11.3 Å². The fraction of sp³-hybridized carbons (Fsp3) is 0. The summed E-state index contributed by atoms with van der Waals surface area (Å²) in [4.78, 5) is 20.2. The van der Waals surface area contributed by atoms with Crippen molar-refractivity contribution in [3.8, 4) is 10.6 Å². The highest BCUT2D eigenvalue weighted by Gasteiger charge is 2.08. The number of hydrogen-bond acceptors (Lipinski definition) is 5. The number of carbonyl (C=O) groups is 1. The van der Waals surface area contributed by atoms with Gasteiger partial charge in [0.2, 0.25) is 0 Å². The zero-order chi connectivity index (χ0) is 10.7. The monoisotopic (exact) mass is 220 g/mol. The summed E-state index contributed by atoms with van der Waals surface area (Å²) in [6.45, 7) is 0. The van der Waals surface area contributed by atoms with E-state index >= 15 is 0 Å². The SMILES string of the molecule is NNC(=O)c1cncc(-c2cccs2)n1. The van der Waals surface area contributed by atoms with Gasteiger partial charge in [-0.1, -0.05) is 6.07 Å². The Morgan fingerprint density at radius 3 is 3.00 bits per heavy atom. The van der Waals surface area contributed by atoms with Crippen molar-refractivity contribution in [1.82, 2.24) is 15.4 Å². The van der Waals surface area contributed by atoms with Gasteiger partial charge in [0.1, 0.15) is 5.69 Å². The molecule has 5 nitrogen and oxygen atoms in total. The van der Waals surface area contributed by atoms with Crippen LogP contribution in [0.2, 0.25) is 0 Å². The van der Waals surface area contributed by atoms with Gasteiger partial charge in [-0.2, -0.15) is 0 Å². The molecule has 2 aromatic heterocycles. The molecular weight excluding hydrogens is 212 g/mol. The molecule has 0 bridgehead atoms. The second kappa shape index (κ2) is 4.16. The highest BCUT2D eigenvalue weighted by molar-refractivity contribution is 7.13. The minimum atomic E-state index is -0.444. The summed E-state index contributed by atoms with van der Waals surface area (Å²) in [6.07, 6.45) is 2.98. The zero-order valence-corrected chi connectivity index (χ0v) is 8.49. The van der Waals surface area contributed by atoms with Gasteiger partial charge in [-0.15, -0.1) is 11.3 Å². The molecule has 0 fully saturated rings. The lowest BCUT2D eigenvalue weighted by atomic mass is 10.3. The van der Waals surface area contributed by atoms with Gasteiger partial charge < -0.3 is 0 Å². The Hall–Kier alpha value is -1.79. The van der Waals surface area contributed by atoms with E-state index in [-0.39, 0.29) is 5.69 Å². The molecule has 2 rings (SSSR count).